The van der Waals surface area contributed by atoms with E-state index in [1.54, 1.807) is 0 Å². The largest absolute Gasteiger partial charge is 0.480 e. The van der Waals surface area contributed by atoms with E-state index in [-0.39, 0.29) is 19.0 Å². The second-order valence-electron chi connectivity index (χ2n) is 7.83. The molecule has 0 radical (unpaired) electrons. The Bertz CT molecular complexity index is 1240. The van der Waals surface area contributed by atoms with Crippen molar-refractivity contribution in [1.29, 1.82) is 0 Å². The van der Waals surface area contributed by atoms with Gasteiger partial charge >= 0.3 is 5.97 Å². The summed E-state index contributed by atoms with van der Waals surface area (Å²) in [4.78, 5) is 29.8. The molecule has 3 aromatic carbocycles. The van der Waals surface area contributed by atoms with Crippen molar-refractivity contribution in [2.24, 2.45) is 0 Å². The lowest BCUT2D eigenvalue weighted by Crippen LogP contribution is -2.35. The number of carboxylic acid groups (broad SMARTS) is 1. The number of aromatic amines is 1. The number of carbonyl (C=O) groups excluding carboxylic acids is 1. The average Bonchev–Trinajstić information content (AvgIpc) is 3.13. The molecule has 0 unspecified atom stereocenters. The zero-order chi connectivity index (χ0) is 22.0. The summed E-state index contributed by atoms with van der Waals surface area (Å²) in [5, 5.41) is 10.4. The van der Waals surface area contributed by atoms with Crippen LogP contribution in [0.15, 0.2) is 72.8 Å². The summed E-state index contributed by atoms with van der Waals surface area (Å²) in [7, 11) is 0. The summed E-state index contributed by atoms with van der Waals surface area (Å²) < 4.78 is 0. The van der Waals surface area contributed by atoms with E-state index in [4.69, 9.17) is 0 Å². The normalized spacial score (nSPS) is 10.9. The number of hydrogen-bond donors (Lipinski definition) is 2. The van der Waals surface area contributed by atoms with Gasteiger partial charge in [0, 0.05) is 23.0 Å². The van der Waals surface area contributed by atoms with Gasteiger partial charge in [0.05, 0.1) is 0 Å². The fraction of sp³-hybridized carbons (Fsp3) is 0.154. The summed E-state index contributed by atoms with van der Waals surface area (Å²) in [6.45, 7) is 3.84. The minimum Gasteiger partial charge on any atom is -0.480 e. The first-order valence-corrected chi connectivity index (χ1v) is 10.2. The molecule has 0 saturated carbocycles. The highest BCUT2D eigenvalue weighted by Crippen LogP contribution is 2.34. The molecule has 4 rings (SSSR count). The van der Waals surface area contributed by atoms with E-state index in [1.165, 1.54) is 4.90 Å². The van der Waals surface area contributed by atoms with E-state index in [1.807, 2.05) is 86.6 Å². The Balaban J connectivity index is 1.82. The van der Waals surface area contributed by atoms with E-state index in [0.29, 0.717) is 5.69 Å². The second-order valence-corrected chi connectivity index (χ2v) is 7.83. The average molecular weight is 412 g/mol. The van der Waals surface area contributed by atoms with Crippen molar-refractivity contribution in [3.05, 3.63) is 95.2 Å². The number of benzene rings is 3. The molecule has 1 heterocycles. The molecule has 0 aliphatic rings. The van der Waals surface area contributed by atoms with Crippen molar-refractivity contribution >= 4 is 22.8 Å². The number of aromatic nitrogens is 1. The molecule has 0 aliphatic carbocycles. The highest BCUT2D eigenvalue weighted by Gasteiger charge is 2.25. The third-order valence-corrected chi connectivity index (χ3v) is 5.34. The van der Waals surface area contributed by atoms with Gasteiger partial charge in [-0.15, -0.1) is 0 Å². The first kappa shape index (κ1) is 20.4. The van der Waals surface area contributed by atoms with Crippen molar-refractivity contribution in [2.45, 2.75) is 20.4 Å². The van der Waals surface area contributed by atoms with Gasteiger partial charge < -0.3 is 15.0 Å². The van der Waals surface area contributed by atoms with Gasteiger partial charge in [0.25, 0.3) is 5.91 Å². The fourth-order valence-corrected chi connectivity index (χ4v) is 3.81. The van der Waals surface area contributed by atoms with Crippen LogP contribution in [0, 0.1) is 13.8 Å². The Morgan fingerprint density at radius 2 is 1.58 bits per heavy atom. The topological polar surface area (TPSA) is 73.4 Å². The molecule has 1 aromatic heterocycles. The smallest absolute Gasteiger partial charge is 0.323 e. The number of rotatable bonds is 6. The molecule has 0 spiro atoms. The van der Waals surface area contributed by atoms with E-state index in [0.717, 1.165) is 38.7 Å². The second kappa shape index (κ2) is 8.48. The third-order valence-electron chi connectivity index (χ3n) is 5.34. The van der Waals surface area contributed by atoms with Gasteiger partial charge in [0.2, 0.25) is 0 Å². The Hall–Kier alpha value is -3.86. The van der Waals surface area contributed by atoms with Crippen LogP contribution in [0.4, 0.5) is 0 Å². The molecule has 156 valence electrons. The van der Waals surface area contributed by atoms with Crippen molar-refractivity contribution in [1.82, 2.24) is 9.88 Å². The van der Waals surface area contributed by atoms with Gasteiger partial charge in [0.15, 0.2) is 0 Å². The van der Waals surface area contributed by atoms with Crippen LogP contribution in [0.1, 0.15) is 27.2 Å². The number of nitrogens with zero attached hydrogens (tertiary/aromatic N) is 1. The molecule has 0 aliphatic heterocycles. The number of fused-ring (bicyclic) bond motifs is 1. The first-order chi connectivity index (χ1) is 14.9. The van der Waals surface area contributed by atoms with Gasteiger partial charge in [-0.05, 0) is 37.1 Å². The van der Waals surface area contributed by atoms with Crippen molar-refractivity contribution in [2.75, 3.05) is 6.54 Å². The molecule has 0 bridgehead atoms. The number of carboxylic acids is 1. The highest BCUT2D eigenvalue weighted by molar-refractivity contribution is 6.10. The zero-order valence-electron chi connectivity index (χ0n) is 17.6. The fourth-order valence-electron chi connectivity index (χ4n) is 3.81. The lowest BCUT2D eigenvalue weighted by atomic mass is 10.00. The van der Waals surface area contributed by atoms with Crippen LogP contribution >= 0.6 is 0 Å². The van der Waals surface area contributed by atoms with Crippen LogP contribution < -0.4 is 0 Å². The van der Waals surface area contributed by atoms with Crippen molar-refractivity contribution in [3.63, 3.8) is 0 Å². The first-order valence-electron chi connectivity index (χ1n) is 10.2. The predicted octanol–water partition coefficient (Wildman–Crippen LogP) is 5.18. The minimum absolute atomic E-state index is 0.216. The number of amides is 1. The van der Waals surface area contributed by atoms with Crippen LogP contribution in [-0.4, -0.2) is 33.4 Å². The molecule has 31 heavy (non-hydrogen) atoms. The van der Waals surface area contributed by atoms with Crippen molar-refractivity contribution < 1.29 is 14.7 Å². The Labute approximate surface area is 181 Å². The van der Waals surface area contributed by atoms with E-state index >= 15 is 0 Å². The summed E-state index contributed by atoms with van der Waals surface area (Å²) in [6.07, 6.45) is 0. The Morgan fingerprint density at radius 1 is 0.903 bits per heavy atom. The summed E-state index contributed by atoms with van der Waals surface area (Å²) in [5.74, 6) is -1.38. The molecule has 5 nitrogen and oxygen atoms in total. The molecule has 0 fully saturated rings. The maximum Gasteiger partial charge on any atom is 0.323 e. The maximum atomic E-state index is 13.6. The molecule has 2 N–H and O–H groups in total. The van der Waals surface area contributed by atoms with Crippen LogP contribution in [0.3, 0.4) is 0 Å². The van der Waals surface area contributed by atoms with Gasteiger partial charge in [-0.3, -0.25) is 9.59 Å². The third kappa shape index (κ3) is 4.36. The SMILES string of the molecule is Cc1ccc(CN(CC(=O)O)C(=O)c2[nH]c3ccc(C)cc3c2-c2ccccc2)cc1. The number of aliphatic carboxylic acids is 1. The lowest BCUT2D eigenvalue weighted by molar-refractivity contribution is -0.137. The van der Waals surface area contributed by atoms with Gasteiger partial charge in [-0.25, -0.2) is 0 Å². The predicted molar refractivity (Wildman–Crippen MR) is 122 cm³/mol. The van der Waals surface area contributed by atoms with Gasteiger partial charge in [-0.2, -0.15) is 0 Å². The summed E-state index contributed by atoms with van der Waals surface area (Å²) in [5.41, 5.74) is 6.03. The van der Waals surface area contributed by atoms with E-state index in [9.17, 15) is 14.7 Å². The van der Waals surface area contributed by atoms with E-state index in [2.05, 4.69) is 4.98 Å². The number of aryl methyl sites for hydroxylation is 2. The van der Waals surface area contributed by atoms with Crippen LogP contribution in [-0.2, 0) is 11.3 Å². The zero-order valence-corrected chi connectivity index (χ0v) is 17.6. The maximum absolute atomic E-state index is 13.6. The number of H-pyrrole nitrogens is 1. The van der Waals surface area contributed by atoms with Gasteiger partial charge in [0.1, 0.15) is 12.2 Å². The molecule has 0 saturated heterocycles. The molecule has 1 amide bonds. The number of nitrogens with one attached hydrogen (secondary N) is 1. The Kier molecular flexibility index (Phi) is 5.58. The highest BCUT2D eigenvalue weighted by atomic mass is 16.4. The molecular formula is C26H24N2O3. The van der Waals surface area contributed by atoms with Gasteiger partial charge in [-0.1, -0.05) is 71.8 Å². The standard InChI is InChI=1S/C26H24N2O3/c1-17-8-11-19(12-9-17)15-28(16-23(29)30)26(31)25-24(20-6-4-3-5-7-20)21-14-18(2)10-13-22(21)27-25/h3-14,27H,15-16H2,1-2H3,(H,29,30). The monoisotopic (exact) mass is 412 g/mol. The summed E-state index contributed by atoms with van der Waals surface area (Å²) >= 11 is 0. The lowest BCUT2D eigenvalue weighted by Gasteiger charge is -2.21. The number of carbonyl (C=O) groups is 2. The van der Waals surface area contributed by atoms with E-state index < -0.39 is 5.97 Å². The minimum atomic E-state index is -1.05. The number of hydrogen-bond acceptors (Lipinski definition) is 2. The molecule has 5 heteroatoms. The molecule has 0 atom stereocenters. The summed E-state index contributed by atoms with van der Waals surface area (Å²) in [6, 6.07) is 23.5. The Morgan fingerprint density at radius 3 is 2.26 bits per heavy atom. The van der Waals surface area contributed by atoms with Crippen LogP contribution in [0.2, 0.25) is 0 Å². The quantitative estimate of drug-likeness (QED) is 0.458. The van der Waals surface area contributed by atoms with Crippen LogP contribution in [0.5, 0.6) is 0 Å². The van der Waals surface area contributed by atoms with Crippen molar-refractivity contribution in [3.8, 4) is 11.1 Å². The molecule has 4 aromatic rings. The molecular weight excluding hydrogens is 388 g/mol. The van der Waals surface area contributed by atoms with Crippen LogP contribution in [0.25, 0.3) is 22.0 Å².